The van der Waals surface area contributed by atoms with Gasteiger partial charge in [-0.2, -0.15) is 0 Å². The lowest BCUT2D eigenvalue weighted by Gasteiger charge is -2.18. The molecule has 0 aliphatic carbocycles. The molecule has 34 heavy (non-hydrogen) atoms. The van der Waals surface area contributed by atoms with Gasteiger partial charge in [0.2, 0.25) is 0 Å². The number of hydrogen-bond acceptors (Lipinski definition) is 3. The highest BCUT2D eigenvalue weighted by atomic mass is 16.7. The van der Waals surface area contributed by atoms with Gasteiger partial charge in [-0.3, -0.25) is 0 Å². The largest absolute Gasteiger partial charge is 0.510 e. The van der Waals surface area contributed by atoms with Crippen molar-refractivity contribution in [2.45, 2.75) is 12.2 Å². The molecule has 4 aromatic carbocycles. The molecule has 0 fully saturated rings. The van der Waals surface area contributed by atoms with E-state index in [1.807, 2.05) is 146 Å². The molecule has 3 heteroatoms. The molecule has 3 nitrogen and oxygen atoms in total. The summed E-state index contributed by atoms with van der Waals surface area (Å²) in [5.74, 6) is 0. The third-order valence-corrected chi connectivity index (χ3v) is 5.23. The van der Waals surface area contributed by atoms with Crippen molar-refractivity contribution in [3.63, 3.8) is 0 Å². The highest BCUT2D eigenvalue weighted by molar-refractivity contribution is 5.63. The Labute approximate surface area is 200 Å². The lowest BCUT2D eigenvalue weighted by molar-refractivity contribution is 0.0206. The second-order valence-electron chi connectivity index (χ2n) is 7.69. The average molecular weight is 447 g/mol. The van der Waals surface area contributed by atoms with Crippen LogP contribution in [0.15, 0.2) is 133 Å². The van der Waals surface area contributed by atoms with E-state index < -0.39 is 18.4 Å². The Balaban J connectivity index is 1.53. The molecule has 2 unspecified atom stereocenters. The molecule has 0 aliphatic heterocycles. The molecule has 0 radical (unpaired) electrons. The van der Waals surface area contributed by atoms with Crippen LogP contribution in [-0.2, 0) is 9.47 Å². The average Bonchev–Trinajstić information content (AvgIpc) is 2.91. The molecule has 4 aromatic rings. The first-order valence-electron chi connectivity index (χ1n) is 11.2. The monoisotopic (exact) mass is 446 g/mol. The fourth-order valence-electron chi connectivity index (χ4n) is 3.48. The SMILES string of the molecule is O=C(OC(C=Cc1ccccc1)c1ccccc1)OC(C=Cc1ccccc1)c1ccccc1. The van der Waals surface area contributed by atoms with Crippen molar-refractivity contribution in [1.29, 1.82) is 0 Å². The van der Waals surface area contributed by atoms with Crippen LogP contribution in [0.2, 0.25) is 0 Å². The fraction of sp³-hybridized carbons (Fsp3) is 0.0645. The van der Waals surface area contributed by atoms with Gasteiger partial charge in [-0.1, -0.05) is 133 Å². The van der Waals surface area contributed by atoms with E-state index in [4.69, 9.17) is 9.47 Å². The first kappa shape index (κ1) is 22.8. The zero-order valence-electron chi connectivity index (χ0n) is 18.7. The van der Waals surface area contributed by atoms with Crippen molar-refractivity contribution in [3.8, 4) is 0 Å². The fourth-order valence-corrected chi connectivity index (χ4v) is 3.48. The van der Waals surface area contributed by atoms with Crippen LogP contribution in [0.1, 0.15) is 34.5 Å². The molecular weight excluding hydrogens is 420 g/mol. The highest BCUT2D eigenvalue weighted by Crippen LogP contribution is 2.25. The Kier molecular flexibility index (Phi) is 8.07. The number of carbonyl (C=O) groups is 1. The molecule has 0 saturated heterocycles. The number of ether oxygens (including phenoxy) is 2. The van der Waals surface area contributed by atoms with Gasteiger partial charge in [0.1, 0.15) is 12.2 Å². The first-order valence-corrected chi connectivity index (χ1v) is 11.2. The maximum atomic E-state index is 12.9. The Morgan fingerprint density at radius 3 is 1.18 bits per heavy atom. The van der Waals surface area contributed by atoms with E-state index in [0.29, 0.717) is 0 Å². The van der Waals surface area contributed by atoms with Gasteiger partial charge in [0.15, 0.2) is 0 Å². The second kappa shape index (κ2) is 12.0. The van der Waals surface area contributed by atoms with Crippen molar-refractivity contribution in [2.24, 2.45) is 0 Å². The molecule has 4 rings (SSSR count). The molecule has 2 atom stereocenters. The number of rotatable bonds is 8. The number of carbonyl (C=O) groups excluding carboxylic acids is 1. The van der Waals surface area contributed by atoms with Crippen LogP contribution in [0.4, 0.5) is 4.79 Å². The molecule has 0 spiro atoms. The summed E-state index contributed by atoms with van der Waals surface area (Å²) in [6, 6.07) is 39.0. The topological polar surface area (TPSA) is 35.5 Å². The molecule has 0 saturated carbocycles. The maximum absolute atomic E-state index is 12.9. The summed E-state index contributed by atoms with van der Waals surface area (Å²) in [7, 11) is 0. The summed E-state index contributed by atoms with van der Waals surface area (Å²) in [6.07, 6.45) is 5.71. The van der Waals surface area contributed by atoms with E-state index in [1.54, 1.807) is 0 Å². The predicted octanol–water partition coefficient (Wildman–Crippen LogP) is 8.05. The minimum atomic E-state index is -0.738. The highest BCUT2D eigenvalue weighted by Gasteiger charge is 2.19. The van der Waals surface area contributed by atoms with Crippen LogP contribution in [0, 0.1) is 0 Å². The molecule has 0 N–H and O–H groups in total. The Hall–Kier alpha value is -4.37. The van der Waals surface area contributed by atoms with Crippen LogP contribution >= 0.6 is 0 Å². The summed E-state index contributed by atoms with van der Waals surface area (Å²) in [6.45, 7) is 0. The van der Waals surface area contributed by atoms with E-state index in [-0.39, 0.29) is 0 Å². The summed E-state index contributed by atoms with van der Waals surface area (Å²) in [4.78, 5) is 12.9. The standard InChI is InChI=1S/C31H26O3/c32-31(33-29(27-17-9-3-10-18-27)23-21-25-13-5-1-6-14-25)34-30(28-19-11-4-12-20-28)24-22-26-15-7-2-8-16-26/h1-24,29-30H. The van der Waals surface area contributed by atoms with E-state index in [2.05, 4.69) is 0 Å². The van der Waals surface area contributed by atoms with Gasteiger partial charge in [-0.15, -0.1) is 0 Å². The third kappa shape index (κ3) is 6.81. The zero-order chi connectivity index (χ0) is 23.4. The Bertz CT molecular complexity index is 1100. The van der Waals surface area contributed by atoms with Gasteiger partial charge < -0.3 is 9.47 Å². The second-order valence-corrected chi connectivity index (χ2v) is 7.69. The molecular formula is C31H26O3. The summed E-state index contributed by atoms with van der Waals surface area (Å²) < 4.78 is 11.6. The predicted molar refractivity (Wildman–Crippen MR) is 137 cm³/mol. The molecule has 0 bridgehead atoms. The first-order chi connectivity index (χ1) is 16.8. The quantitative estimate of drug-likeness (QED) is 0.257. The van der Waals surface area contributed by atoms with Crippen molar-refractivity contribution < 1.29 is 14.3 Å². The molecule has 0 aromatic heterocycles. The number of hydrogen-bond donors (Lipinski definition) is 0. The van der Waals surface area contributed by atoms with Crippen molar-refractivity contribution in [1.82, 2.24) is 0 Å². The van der Waals surface area contributed by atoms with Crippen LogP contribution in [-0.4, -0.2) is 6.16 Å². The zero-order valence-corrected chi connectivity index (χ0v) is 18.7. The minimum absolute atomic E-state index is 0.580. The summed E-state index contributed by atoms with van der Waals surface area (Å²) in [5, 5.41) is 0. The van der Waals surface area contributed by atoms with Gasteiger partial charge in [0, 0.05) is 0 Å². The molecule has 0 amide bonds. The van der Waals surface area contributed by atoms with Gasteiger partial charge in [0.05, 0.1) is 0 Å². The van der Waals surface area contributed by atoms with Gasteiger partial charge in [0.25, 0.3) is 0 Å². The smallest absolute Gasteiger partial charge is 0.422 e. The van der Waals surface area contributed by atoms with E-state index in [0.717, 1.165) is 22.3 Å². The van der Waals surface area contributed by atoms with Crippen molar-refractivity contribution in [2.75, 3.05) is 0 Å². The van der Waals surface area contributed by atoms with Crippen molar-refractivity contribution in [3.05, 3.63) is 156 Å². The summed E-state index contributed by atoms with van der Waals surface area (Å²) >= 11 is 0. The van der Waals surface area contributed by atoms with Crippen molar-refractivity contribution >= 4 is 18.3 Å². The van der Waals surface area contributed by atoms with Crippen LogP contribution in [0.25, 0.3) is 12.2 Å². The summed E-state index contributed by atoms with van der Waals surface area (Å²) in [5.41, 5.74) is 3.77. The van der Waals surface area contributed by atoms with Gasteiger partial charge in [-0.25, -0.2) is 4.79 Å². The maximum Gasteiger partial charge on any atom is 0.510 e. The van der Waals surface area contributed by atoms with E-state index >= 15 is 0 Å². The Morgan fingerprint density at radius 2 is 0.824 bits per heavy atom. The van der Waals surface area contributed by atoms with Crippen LogP contribution in [0.5, 0.6) is 0 Å². The third-order valence-electron chi connectivity index (χ3n) is 5.23. The lowest BCUT2D eigenvalue weighted by atomic mass is 10.1. The molecule has 0 aliphatic rings. The van der Waals surface area contributed by atoms with Gasteiger partial charge in [-0.05, 0) is 34.4 Å². The van der Waals surface area contributed by atoms with E-state index in [1.165, 1.54) is 0 Å². The van der Waals surface area contributed by atoms with Crippen LogP contribution in [0.3, 0.4) is 0 Å². The normalized spacial score (nSPS) is 12.9. The minimum Gasteiger partial charge on any atom is -0.422 e. The number of benzene rings is 4. The Morgan fingerprint density at radius 1 is 0.500 bits per heavy atom. The lowest BCUT2D eigenvalue weighted by Crippen LogP contribution is -2.14. The molecule has 168 valence electrons. The van der Waals surface area contributed by atoms with Crippen LogP contribution < -0.4 is 0 Å². The van der Waals surface area contributed by atoms with E-state index in [9.17, 15) is 4.79 Å². The molecule has 0 heterocycles. The van der Waals surface area contributed by atoms with Gasteiger partial charge >= 0.3 is 6.16 Å².